The zero-order valence-corrected chi connectivity index (χ0v) is 19.2. The summed E-state index contributed by atoms with van der Waals surface area (Å²) in [5.41, 5.74) is 1.30. The summed E-state index contributed by atoms with van der Waals surface area (Å²) in [6, 6.07) is 3.32. The topological polar surface area (TPSA) is 34.1 Å². The van der Waals surface area contributed by atoms with Gasteiger partial charge in [0.2, 0.25) is 0 Å². The Morgan fingerprint density at radius 2 is 1.65 bits per heavy atom. The molecule has 1 unspecified atom stereocenters. The maximum absolute atomic E-state index is 6.81. The first-order chi connectivity index (χ1) is 12.4. The maximum Gasteiger partial charge on any atom is 0.192 e. The second-order valence-corrected chi connectivity index (χ2v) is 13.6. The predicted molar refractivity (Wildman–Crippen MR) is 115 cm³/mol. The van der Waals surface area contributed by atoms with Crippen LogP contribution in [0.1, 0.15) is 65.0 Å². The highest BCUT2D eigenvalue weighted by molar-refractivity contribution is 6.73. The molecule has 0 saturated heterocycles. The van der Waals surface area contributed by atoms with Crippen molar-refractivity contribution in [2.75, 3.05) is 13.1 Å². The van der Waals surface area contributed by atoms with Crippen LogP contribution in [0, 0.1) is 5.41 Å². The van der Waals surface area contributed by atoms with Gasteiger partial charge in [-0.15, -0.1) is 0 Å². The molecule has 0 bridgehead atoms. The monoisotopic (exact) mass is 416 g/mol. The van der Waals surface area contributed by atoms with Crippen LogP contribution in [0.15, 0.2) is 12.4 Å². The third-order valence-corrected chi connectivity index (χ3v) is 11.5. The molecule has 0 aliphatic heterocycles. The largest absolute Gasteiger partial charge is 0.409 e. The van der Waals surface area contributed by atoms with E-state index in [0.717, 1.165) is 36.8 Å². The van der Waals surface area contributed by atoms with Gasteiger partial charge in [0, 0.05) is 31.0 Å². The third-order valence-electron chi connectivity index (χ3n) is 6.23. The first-order valence-corrected chi connectivity index (χ1v) is 13.3. The number of halogens is 2. The fraction of sp³-hybridized carbons (Fsp3) is 0.750. The Labute approximate surface area is 170 Å². The lowest BCUT2D eigenvalue weighted by atomic mass is 9.89. The van der Waals surface area contributed by atoms with E-state index in [1.54, 1.807) is 12.4 Å². The van der Waals surface area contributed by atoms with Crippen molar-refractivity contribution in [2.45, 2.75) is 77.6 Å². The highest BCUT2D eigenvalue weighted by Crippen LogP contribution is 2.38. The minimum atomic E-state index is -1.79. The normalized spacial score (nSPS) is 18.2. The Bertz CT molecular complexity index is 546. The highest BCUT2D eigenvalue weighted by Gasteiger charge is 2.35. The van der Waals surface area contributed by atoms with Crippen molar-refractivity contribution in [2.24, 2.45) is 5.41 Å². The molecule has 1 aliphatic rings. The fourth-order valence-corrected chi connectivity index (χ4v) is 7.56. The molecular weight excluding hydrogens is 383 g/mol. The molecular formula is C20H34Cl2N2OSi. The van der Waals surface area contributed by atoms with Crippen LogP contribution in [0.3, 0.4) is 0 Å². The second kappa shape index (κ2) is 9.88. The molecule has 0 radical (unpaired) electrons. The zero-order chi connectivity index (χ0) is 19.2. The van der Waals surface area contributed by atoms with Crippen molar-refractivity contribution < 1.29 is 4.43 Å². The van der Waals surface area contributed by atoms with Crippen molar-refractivity contribution >= 4 is 31.5 Å². The van der Waals surface area contributed by atoms with Crippen LogP contribution in [0.25, 0.3) is 0 Å². The first kappa shape index (κ1) is 22.2. The number of aromatic nitrogens is 1. The number of hydrogen-bond donors (Lipinski definition) is 1. The Balaban J connectivity index is 2.18. The summed E-state index contributed by atoms with van der Waals surface area (Å²) in [5.74, 6) is 0. The van der Waals surface area contributed by atoms with Gasteiger partial charge in [-0.05, 0) is 36.4 Å². The lowest BCUT2D eigenvalue weighted by Crippen LogP contribution is -2.41. The SMILES string of the molecule is CC[Si](CC)(CC)OC(CNCC1(C)CCCC1)c1c(Cl)cncc1Cl. The summed E-state index contributed by atoms with van der Waals surface area (Å²) >= 11 is 13.0. The van der Waals surface area contributed by atoms with Gasteiger partial charge in [0.05, 0.1) is 16.1 Å². The van der Waals surface area contributed by atoms with E-state index in [1.807, 2.05) is 0 Å². The molecule has 1 aromatic heterocycles. The molecule has 3 nitrogen and oxygen atoms in total. The Kier molecular flexibility index (Phi) is 8.42. The average molecular weight is 417 g/mol. The summed E-state index contributed by atoms with van der Waals surface area (Å²) in [5, 5.41) is 4.87. The maximum atomic E-state index is 6.81. The van der Waals surface area contributed by atoms with Crippen LogP contribution < -0.4 is 5.32 Å². The first-order valence-electron chi connectivity index (χ1n) is 10.1. The number of rotatable bonds is 10. The van der Waals surface area contributed by atoms with E-state index in [4.69, 9.17) is 27.6 Å². The molecule has 0 spiro atoms. The Hall–Kier alpha value is -0.133. The van der Waals surface area contributed by atoms with Crippen molar-refractivity contribution in [1.29, 1.82) is 0 Å². The van der Waals surface area contributed by atoms with Crippen molar-refractivity contribution in [3.8, 4) is 0 Å². The van der Waals surface area contributed by atoms with E-state index in [1.165, 1.54) is 25.7 Å². The quantitative estimate of drug-likeness (QED) is 0.434. The minimum absolute atomic E-state index is 0.116. The molecule has 1 atom stereocenters. The van der Waals surface area contributed by atoms with Gasteiger partial charge in [0.15, 0.2) is 8.32 Å². The molecule has 1 heterocycles. The molecule has 1 N–H and O–H groups in total. The predicted octanol–water partition coefficient (Wildman–Crippen LogP) is 6.62. The highest BCUT2D eigenvalue weighted by atomic mass is 35.5. The van der Waals surface area contributed by atoms with Crippen molar-refractivity contribution in [3.63, 3.8) is 0 Å². The lowest BCUT2D eigenvalue weighted by Gasteiger charge is -2.35. The average Bonchev–Trinajstić information content (AvgIpc) is 3.06. The number of nitrogens with zero attached hydrogens (tertiary/aromatic N) is 1. The molecule has 1 aromatic rings. The van der Waals surface area contributed by atoms with Gasteiger partial charge in [0.25, 0.3) is 0 Å². The van der Waals surface area contributed by atoms with Gasteiger partial charge in [0.1, 0.15) is 0 Å². The number of nitrogens with one attached hydrogen (secondary N) is 1. The molecule has 2 rings (SSSR count). The van der Waals surface area contributed by atoms with E-state index in [9.17, 15) is 0 Å². The second-order valence-electron chi connectivity index (χ2n) is 8.02. The fourth-order valence-electron chi connectivity index (χ4n) is 4.14. The Morgan fingerprint density at radius 1 is 1.12 bits per heavy atom. The van der Waals surface area contributed by atoms with Gasteiger partial charge in [-0.25, -0.2) is 0 Å². The standard InChI is InChI=1S/C20H34Cl2N2OSi/c1-5-26(6-2,7-3)25-18(19-16(21)12-23-13-17(19)22)14-24-15-20(4)10-8-9-11-20/h12-13,18,24H,5-11,14-15H2,1-4H3. The van der Waals surface area contributed by atoms with Gasteiger partial charge in [-0.3, -0.25) is 4.98 Å². The lowest BCUT2D eigenvalue weighted by molar-refractivity contribution is 0.178. The molecule has 1 aliphatic carbocycles. The minimum Gasteiger partial charge on any atom is -0.409 e. The van der Waals surface area contributed by atoms with Gasteiger partial charge in [-0.1, -0.05) is 63.7 Å². The van der Waals surface area contributed by atoms with E-state index in [-0.39, 0.29) is 6.10 Å². The van der Waals surface area contributed by atoms with Crippen LogP contribution in [0.5, 0.6) is 0 Å². The Morgan fingerprint density at radius 3 is 2.15 bits per heavy atom. The van der Waals surface area contributed by atoms with Crippen molar-refractivity contribution in [3.05, 3.63) is 28.0 Å². The van der Waals surface area contributed by atoms with Crippen LogP contribution in [-0.2, 0) is 4.43 Å². The summed E-state index contributed by atoms with van der Waals surface area (Å²) in [4.78, 5) is 4.11. The molecule has 1 saturated carbocycles. The van der Waals surface area contributed by atoms with Gasteiger partial charge in [-0.2, -0.15) is 0 Å². The summed E-state index contributed by atoms with van der Waals surface area (Å²) in [7, 11) is -1.79. The summed E-state index contributed by atoms with van der Waals surface area (Å²) < 4.78 is 6.81. The molecule has 0 amide bonds. The number of hydrogen-bond acceptors (Lipinski definition) is 3. The van der Waals surface area contributed by atoms with Crippen molar-refractivity contribution in [1.82, 2.24) is 10.3 Å². The van der Waals surface area contributed by atoms with E-state index >= 15 is 0 Å². The van der Waals surface area contributed by atoms with E-state index in [0.29, 0.717) is 15.5 Å². The molecule has 6 heteroatoms. The van der Waals surface area contributed by atoms with E-state index in [2.05, 4.69) is 38.0 Å². The molecule has 1 fully saturated rings. The van der Waals surface area contributed by atoms with Crippen LogP contribution >= 0.6 is 23.2 Å². The number of pyridine rings is 1. The van der Waals surface area contributed by atoms with Crippen LogP contribution in [0.4, 0.5) is 0 Å². The third kappa shape index (κ3) is 5.45. The molecule has 26 heavy (non-hydrogen) atoms. The summed E-state index contributed by atoms with van der Waals surface area (Å²) in [6.07, 6.45) is 8.53. The molecule has 0 aromatic carbocycles. The zero-order valence-electron chi connectivity index (χ0n) is 16.7. The summed E-state index contributed by atoms with van der Waals surface area (Å²) in [6.45, 7) is 10.9. The van der Waals surface area contributed by atoms with Crippen LogP contribution in [0.2, 0.25) is 28.2 Å². The smallest absolute Gasteiger partial charge is 0.192 e. The van der Waals surface area contributed by atoms with Gasteiger partial charge < -0.3 is 9.74 Å². The molecule has 148 valence electrons. The van der Waals surface area contributed by atoms with Gasteiger partial charge >= 0.3 is 0 Å². The van der Waals surface area contributed by atoms with Crippen LogP contribution in [-0.4, -0.2) is 26.4 Å². The van der Waals surface area contributed by atoms with E-state index < -0.39 is 8.32 Å².